The lowest BCUT2D eigenvalue weighted by molar-refractivity contribution is 0.511. The van der Waals surface area contributed by atoms with Crippen molar-refractivity contribution in [3.63, 3.8) is 0 Å². The van der Waals surface area contributed by atoms with E-state index < -0.39 is 0 Å². The first-order valence-electron chi connectivity index (χ1n) is 3.75. The molecule has 0 unspecified atom stereocenters. The molecule has 0 bridgehead atoms. The SMILES string of the molecule is c1coc(CNc2ccco2)c1. The minimum absolute atomic E-state index is 0.653. The minimum Gasteiger partial charge on any atom is -0.467 e. The third-order valence-electron chi connectivity index (χ3n) is 1.54. The second kappa shape index (κ2) is 3.17. The summed E-state index contributed by atoms with van der Waals surface area (Å²) < 4.78 is 10.2. The molecule has 0 atom stereocenters. The van der Waals surface area contributed by atoms with E-state index in [1.165, 1.54) is 0 Å². The van der Waals surface area contributed by atoms with Crippen molar-refractivity contribution in [2.75, 3.05) is 5.32 Å². The van der Waals surface area contributed by atoms with Gasteiger partial charge in [0.15, 0.2) is 5.88 Å². The molecule has 0 saturated heterocycles. The zero-order chi connectivity index (χ0) is 8.23. The smallest absolute Gasteiger partial charge is 0.192 e. The molecule has 0 amide bonds. The molecular weight excluding hydrogens is 154 g/mol. The number of hydrogen-bond donors (Lipinski definition) is 1. The number of furan rings is 2. The van der Waals surface area contributed by atoms with E-state index in [1.54, 1.807) is 12.5 Å². The number of hydrogen-bond acceptors (Lipinski definition) is 3. The van der Waals surface area contributed by atoms with Crippen LogP contribution in [0, 0.1) is 0 Å². The van der Waals surface area contributed by atoms with Crippen LogP contribution in [0.5, 0.6) is 0 Å². The molecule has 12 heavy (non-hydrogen) atoms. The third kappa shape index (κ3) is 1.50. The largest absolute Gasteiger partial charge is 0.467 e. The van der Waals surface area contributed by atoms with Crippen LogP contribution in [0.25, 0.3) is 0 Å². The van der Waals surface area contributed by atoms with Gasteiger partial charge in [0, 0.05) is 6.07 Å². The van der Waals surface area contributed by atoms with Crippen LogP contribution in [0.2, 0.25) is 0 Å². The molecule has 0 radical (unpaired) electrons. The van der Waals surface area contributed by atoms with Crippen LogP contribution < -0.4 is 5.32 Å². The summed E-state index contributed by atoms with van der Waals surface area (Å²) in [4.78, 5) is 0. The van der Waals surface area contributed by atoms with Gasteiger partial charge in [0.25, 0.3) is 0 Å². The summed E-state index contributed by atoms with van der Waals surface area (Å²) in [6, 6.07) is 7.47. The van der Waals surface area contributed by atoms with Gasteiger partial charge in [0.1, 0.15) is 5.76 Å². The highest BCUT2D eigenvalue weighted by atomic mass is 16.3. The van der Waals surface area contributed by atoms with Crippen LogP contribution in [-0.4, -0.2) is 0 Å². The average Bonchev–Trinajstić information content (AvgIpc) is 2.74. The molecule has 3 nitrogen and oxygen atoms in total. The molecule has 0 spiro atoms. The lowest BCUT2D eigenvalue weighted by Gasteiger charge is -1.97. The Balaban J connectivity index is 1.91. The van der Waals surface area contributed by atoms with E-state index in [0.717, 1.165) is 11.6 Å². The fourth-order valence-corrected chi connectivity index (χ4v) is 0.967. The molecule has 0 fully saturated rings. The standard InChI is InChI=1S/C9H9NO2/c1-3-8(11-5-1)7-10-9-4-2-6-12-9/h1-6,10H,7H2. The van der Waals surface area contributed by atoms with Gasteiger partial charge in [-0.1, -0.05) is 0 Å². The van der Waals surface area contributed by atoms with Crippen molar-refractivity contribution in [2.45, 2.75) is 6.54 Å². The first-order chi connectivity index (χ1) is 5.95. The number of anilines is 1. The molecule has 0 aliphatic rings. The maximum Gasteiger partial charge on any atom is 0.192 e. The predicted octanol–water partition coefficient (Wildman–Crippen LogP) is 2.48. The van der Waals surface area contributed by atoms with Gasteiger partial charge in [0.05, 0.1) is 19.1 Å². The molecule has 2 rings (SSSR count). The zero-order valence-corrected chi connectivity index (χ0v) is 6.49. The summed E-state index contributed by atoms with van der Waals surface area (Å²) in [5, 5.41) is 3.07. The van der Waals surface area contributed by atoms with Gasteiger partial charge in [-0.15, -0.1) is 0 Å². The maximum absolute atomic E-state index is 5.13. The Bertz CT molecular complexity index is 276. The van der Waals surface area contributed by atoms with E-state index in [2.05, 4.69) is 5.32 Å². The summed E-state index contributed by atoms with van der Waals surface area (Å²) >= 11 is 0. The highest BCUT2D eigenvalue weighted by Crippen LogP contribution is 2.09. The molecule has 1 N–H and O–H groups in total. The maximum atomic E-state index is 5.13. The van der Waals surface area contributed by atoms with Gasteiger partial charge in [-0.3, -0.25) is 0 Å². The molecule has 2 heterocycles. The summed E-state index contributed by atoms with van der Waals surface area (Å²) in [6.45, 7) is 0.653. The van der Waals surface area contributed by atoms with Gasteiger partial charge in [-0.25, -0.2) is 0 Å². The zero-order valence-electron chi connectivity index (χ0n) is 6.49. The average molecular weight is 163 g/mol. The molecule has 62 valence electrons. The molecular formula is C9H9NO2. The Labute approximate surface area is 70.0 Å². The predicted molar refractivity (Wildman–Crippen MR) is 44.7 cm³/mol. The monoisotopic (exact) mass is 163 g/mol. The highest BCUT2D eigenvalue weighted by molar-refractivity contribution is 5.29. The van der Waals surface area contributed by atoms with Crippen LogP contribution in [0.1, 0.15) is 5.76 Å². The van der Waals surface area contributed by atoms with Gasteiger partial charge in [-0.2, -0.15) is 0 Å². The van der Waals surface area contributed by atoms with Gasteiger partial charge in [-0.05, 0) is 18.2 Å². The first-order valence-corrected chi connectivity index (χ1v) is 3.75. The third-order valence-corrected chi connectivity index (χ3v) is 1.54. The van der Waals surface area contributed by atoms with Crippen molar-refractivity contribution in [3.8, 4) is 0 Å². The Morgan fingerprint density at radius 3 is 2.58 bits per heavy atom. The van der Waals surface area contributed by atoms with E-state index in [1.807, 2.05) is 24.3 Å². The quantitative estimate of drug-likeness (QED) is 0.755. The first kappa shape index (κ1) is 7.03. The summed E-state index contributed by atoms with van der Waals surface area (Å²) in [6.07, 6.45) is 3.28. The van der Waals surface area contributed by atoms with Crippen LogP contribution >= 0.6 is 0 Å². The normalized spacial score (nSPS) is 10.0. The second-order valence-corrected chi connectivity index (χ2v) is 2.41. The van der Waals surface area contributed by atoms with Crippen molar-refractivity contribution >= 4 is 5.88 Å². The highest BCUT2D eigenvalue weighted by Gasteiger charge is 1.96. The summed E-state index contributed by atoms with van der Waals surface area (Å²) in [5.41, 5.74) is 0. The molecule has 0 saturated carbocycles. The van der Waals surface area contributed by atoms with E-state index in [-0.39, 0.29) is 0 Å². The van der Waals surface area contributed by atoms with E-state index in [4.69, 9.17) is 8.83 Å². The summed E-state index contributed by atoms with van der Waals surface area (Å²) in [5.74, 6) is 1.65. The van der Waals surface area contributed by atoms with Crippen molar-refractivity contribution in [2.24, 2.45) is 0 Å². The minimum atomic E-state index is 0.653. The Kier molecular flexibility index (Phi) is 1.86. The van der Waals surface area contributed by atoms with Crippen LogP contribution in [-0.2, 0) is 6.54 Å². The molecule has 2 aromatic rings. The van der Waals surface area contributed by atoms with E-state index in [9.17, 15) is 0 Å². The van der Waals surface area contributed by atoms with Crippen molar-refractivity contribution in [1.29, 1.82) is 0 Å². The van der Waals surface area contributed by atoms with Crippen LogP contribution in [0.15, 0.2) is 45.6 Å². The topological polar surface area (TPSA) is 38.3 Å². The number of nitrogens with one attached hydrogen (secondary N) is 1. The van der Waals surface area contributed by atoms with Crippen molar-refractivity contribution in [1.82, 2.24) is 0 Å². The van der Waals surface area contributed by atoms with E-state index in [0.29, 0.717) is 6.54 Å². The fourth-order valence-electron chi connectivity index (χ4n) is 0.967. The molecule has 0 aromatic carbocycles. The van der Waals surface area contributed by atoms with Gasteiger partial charge >= 0.3 is 0 Å². The Morgan fingerprint density at radius 2 is 1.92 bits per heavy atom. The Hall–Kier alpha value is -1.64. The molecule has 3 heteroatoms. The molecule has 0 aliphatic carbocycles. The molecule has 0 aliphatic heterocycles. The lowest BCUT2D eigenvalue weighted by atomic mass is 10.4. The fraction of sp³-hybridized carbons (Fsp3) is 0.111. The van der Waals surface area contributed by atoms with E-state index >= 15 is 0 Å². The van der Waals surface area contributed by atoms with Gasteiger partial charge < -0.3 is 14.2 Å². The molecule has 2 aromatic heterocycles. The van der Waals surface area contributed by atoms with Gasteiger partial charge in [0.2, 0.25) is 0 Å². The number of rotatable bonds is 3. The van der Waals surface area contributed by atoms with Crippen LogP contribution in [0.3, 0.4) is 0 Å². The van der Waals surface area contributed by atoms with Crippen molar-refractivity contribution < 1.29 is 8.83 Å². The lowest BCUT2D eigenvalue weighted by Crippen LogP contribution is -1.95. The van der Waals surface area contributed by atoms with Crippen LogP contribution in [0.4, 0.5) is 5.88 Å². The van der Waals surface area contributed by atoms with Crippen molar-refractivity contribution in [3.05, 3.63) is 42.6 Å². The Morgan fingerprint density at radius 1 is 1.08 bits per heavy atom. The second-order valence-electron chi connectivity index (χ2n) is 2.41. The summed E-state index contributed by atoms with van der Waals surface area (Å²) in [7, 11) is 0.